The summed E-state index contributed by atoms with van der Waals surface area (Å²) < 4.78 is 5.31. The molecule has 2 aromatic carbocycles. The van der Waals surface area contributed by atoms with Crippen molar-refractivity contribution in [1.29, 1.82) is 0 Å². The molecule has 0 aliphatic carbocycles. The third kappa shape index (κ3) is 5.59. The summed E-state index contributed by atoms with van der Waals surface area (Å²) in [5, 5.41) is 11.2. The normalized spacial score (nSPS) is 13.3. The van der Waals surface area contributed by atoms with Gasteiger partial charge in [-0.25, -0.2) is 4.79 Å². The SMILES string of the molecule is CC(C)N(Cc1ccccc1)C(=O)COC(=O)c1cc([N+](=O)[O-])ccc1N1CCCC1. The molecule has 0 aromatic heterocycles. The molecule has 3 rings (SSSR count). The average Bonchev–Trinajstić information content (AvgIpc) is 3.30. The molecule has 1 saturated heterocycles. The van der Waals surface area contributed by atoms with Gasteiger partial charge in [-0.1, -0.05) is 30.3 Å². The van der Waals surface area contributed by atoms with Gasteiger partial charge in [0.15, 0.2) is 6.61 Å². The molecule has 2 aromatic rings. The van der Waals surface area contributed by atoms with Crippen LogP contribution in [-0.4, -0.2) is 47.4 Å². The molecule has 1 aliphatic rings. The van der Waals surface area contributed by atoms with E-state index in [4.69, 9.17) is 4.74 Å². The molecule has 8 heteroatoms. The number of ether oxygens (including phenoxy) is 1. The van der Waals surface area contributed by atoms with Crippen LogP contribution in [0.5, 0.6) is 0 Å². The number of rotatable bonds is 8. The molecule has 31 heavy (non-hydrogen) atoms. The number of nitro groups is 1. The molecule has 8 nitrogen and oxygen atoms in total. The Morgan fingerprint density at radius 2 is 1.81 bits per heavy atom. The van der Waals surface area contributed by atoms with Crippen molar-refractivity contribution in [3.05, 3.63) is 69.8 Å². The number of amides is 1. The number of nitrogens with zero attached hydrogens (tertiary/aromatic N) is 3. The van der Waals surface area contributed by atoms with E-state index in [9.17, 15) is 19.7 Å². The minimum Gasteiger partial charge on any atom is -0.452 e. The molecule has 0 unspecified atom stereocenters. The fourth-order valence-electron chi connectivity index (χ4n) is 3.66. The maximum atomic E-state index is 12.8. The van der Waals surface area contributed by atoms with E-state index in [1.165, 1.54) is 12.1 Å². The number of esters is 1. The molecule has 1 aliphatic heterocycles. The summed E-state index contributed by atoms with van der Waals surface area (Å²) in [6, 6.07) is 13.7. The summed E-state index contributed by atoms with van der Waals surface area (Å²) in [5.74, 6) is -1.05. The van der Waals surface area contributed by atoms with Gasteiger partial charge in [-0.05, 0) is 38.3 Å². The van der Waals surface area contributed by atoms with Gasteiger partial charge >= 0.3 is 5.97 Å². The third-order valence-electron chi connectivity index (χ3n) is 5.32. The fraction of sp³-hybridized carbons (Fsp3) is 0.391. The van der Waals surface area contributed by atoms with Gasteiger partial charge in [0.05, 0.1) is 16.2 Å². The van der Waals surface area contributed by atoms with Crippen LogP contribution in [0.3, 0.4) is 0 Å². The number of nitro benzene ring substituents is 1. The van der Waals surface area contributed by atoms with Gasteiger partial charge in [0.1, 0.15) is 0 Å². The molecule has 0 bridgehead atoms. The van der Waals surface area contributed by atoms with E-state index < -0.39 is 17.5 Å². The second kappa shape index (κ2) is 10.1. The largest absolute Gasteiger partial charge is 0.452 e. The van der Waals surface area contributed by atoms with E-state index >= 15 is 0 Å². The Kier molecular flexibility index (Phi) is 7.23. The van der Waals surface area contributed by atoms with E-state index in [-0.39, 0.29) is 23.2 Å². The molecule has 0 spiro atoms. The average molecular weight is 425 g/mol. The predicted molar refractivity (Wildman–Crippen MR) is 117 cm³/mol. The first-order valence-corrected chi connectivity index (χ1v) is 10.4. The number of carbonyl (C=O) groups is 2. The van der Waals surface area contributed by atoms with Gasteiger partial charge in [0.25, 0.3) is 11.6 Å². The Morgan fingerprint density at radius 3 is 2.42 bits per heavy atom. The lowest BCUT2D eigenvalue weighted by Gasteiger charge is -2.27. The summed E-state index contributed by atoms with van der Waals surface area (Å²) >= 11 is 0. The summed E-state index contributed by atoms with van der Waals surface area (Å²) in [5.41, 5.74) is 1.51. The van der Waals surface area contributed by atoms with Crippen molar-refractivity contribution in [2.45, 2.75) is 39.3 Å². The number of anilines is 1. The van der Waals surface area contributed by atoms with Crippen LogP contribution in [-0.2, 0) is 16.1 Å². The molecule has 0 N–H and O–H groups in total. The van der Waals surface area contributed by atoms with Crippen molar-refractivity contribution in [2.75, 3.05) is 24.6 Å². The van der Waals surface area contributed by atoms with Crippen LogP contribution in [0.15, 0.2) is 48.5 Å². The number of hydrogen-bond acceptors (Lipinski definition) is 6. The van der Waals surface area contributed by atoms with Crippen LogP contribution in [0.4, 0.5) is 11.4 Å². The van der Waals surface area contributed by atoms with Crippen LogP contribution >= 0.6 is 0 Å². The maximum absolute atomic E-state index is 12.8. The van der Waals surface area contributed by atoms with Gasteiger partial charge in [0, 0.05) is 37.8 Å². The summed E-state index contributed by atoms with van der Waals surface area (Å²) in [7, 11) is 0. The molecule has 1 amide bonds. The Balaban J connectivity index is 1.73. The lowest BCUT2D eigenvalue weighted by molar-refractivity contribution is -0.384. The lowest BCUT2D eigenvalue weighted by atomic mass is 10.1. The molecule has 0 atom stereocenters. The van der Waals surface area contributed by atoms with Crippen LogP contribution in [0.2, 0.25) is 0 Å². The topological polar surface area (TPSA) is 93.0 Å². The van der Waals surface area contributed by atoms with Crippen molar-refractivity contribution in [1.82, 2.24) is 4.90 Å². The summed E-state index contributed by atoms with van der Waals surface area (Å²) in [6.45, 7) is 5.32. The lowest BCUT2D eigenvalue weighted by Crippen LogP contribution is -2.39. The van der Waals surface area contributed by atoms with E-state index in [1.807, 2.05) is 49.1 Å². The Bertz CT molecular complexity index is 939. The Hall–Kier alpha value is -3.42. The van der Waals surface area contributed by atoms with Crippen molar-refractivity contribution in [3.8, 4) is 0 Å². The van der Waals surface area contributed by atoms with Gasteiger partial charge < -0.3 is 14.5 Å². The first-order chi connectivity index (χ1) is 14.9. The minimum atomic E-state index is -0.734. The highest BCUT2D eigenvalue weighted by atomic mass is 16.6. The molecule has 0 saturated carbocycles. The molecule has 164 valence electrons. The number of carbonyl (C=O) groups excluding carboxylic acids is 2. The molecule has 1 fully saturated rings. The van der Waals surface area contributed by atoms with E-state index in [0.29, 0.717) is 12.2 Å². The second-order valence-electron chi connectivity index (χ2n) is 7.83. The molecular formula is C23H27N3O5. The monoisotopic (exact) mass is 425 g/mol. The van der Waals surface area contributed by atoms with Gasteiger partial charge in [0.2, 0.25) is 0 Å². The van der Waals surface area contributed by atoms with Crippen molar-refractivity contribution < 1.29 is 19.2 Å². The number of non-ortho nitro benzene ring substituents is 1. The summed E-state index contributed by atoms with van der Waals surface area (Å²) in [6.07, 6.45) is 1.99. The number of benzene rings is 2. The minimum absolute atomic E-state index is 0.0793. The standard InChI is InChI=1S/C23H27N3O5/c1-17(2)25(15-18-8-4-3-5-9-18)22(27)16-31-23(28)20-14-19(26(29)30)10-11-21(20)24-12-6-7-13-24/h3-5,8-11,14,17H,6-7,12-13,15-16H2,1-2H3. The van der Waals surface area contributed by atoms with Crippen LogP contribution < -0.4 is 4.90 Å². The molecule has 0 radical (unpaired) electrons. The Morgan fingerprint density at radius 1 is 1.13 bits per heavy atom. The van der Waals surface area contributed by atoms with Crippen LogP contribution in [0.1, 0.15) is 42.6 Å². The molecular weight excluding hydrogens is 398 g/mol. The fourth-order valence-corrected chi connectivity index (χ4v) is 3.66. The van der Waals surface area contributed by atoms with Crippen LogP contribution in [0, 0.1) is 10.1 Å². The van der Waals surface area contributed by atoms with Gasteiger partial charge in [-0.2, -0.15) is 0 Å². The maximum Gasteiger partial charge on any atom is 0.341 e. The molecule has 1 heterocycles. The van der Waals surface area contributed by atoms with E-state index in [0.717, 1.165) is 31.5 Å². The van der Waals surface area contributed by atoms with Crippen molar-refractivity contribution >= 4 is 23.3 Å². The summed E-state index contributed by atoms with van der Waals surface area (Å²) in [4.78, 5) is 39.9. The smallest absolute Gasteiger partial charge is 0.341 e. The third-order valence-corrected chi connectivity index (χ3v) is 5.32. The van der Waals surface area contributed by atoms with E-state index in [1.54, 1.807) is 11.0 Å². The first kappa shape index (κ1) is 22.3. The Labute approximate surface area is 181 Å². The second-order valence-corrected chi connectivity index (χ2v) is 7.83. The zero-order chi connectivity index (χ0) is 22.4. The first-order valence-electron chi connectivity index (χ1n) is 10.4. The quantitative estimate of drug-likeness (QED) is 0.363. The van der Waals surface area contributed by atoms with Gasteiger partial charge in [-0.15, -0.1) is 0 Å². The van der Waals surface area contributed by atoms with Crippen molar-refractivity contribution in [3.63, 3.8) is 0 Å². The number of hydrogen-bond donors (Lipinski definition) is 0. The van der Waals surface area contributed by atoms with Crippen molar-refractivity contribution in [2.24, 2.45) is 0 Å². The highest BCUT2D eigenvalue weighted by Crippen LogP contribution is 2.29. The van der Waals surface area contributed by atoms with E-state index in [2.05, 4.69) is 0 Å². The zero-order valence-electron chi connectivity index (χ0n) is 17.8. The van der Waals surface area contributed by atoms with Crippen LogP contribution in [0.25, 0.3) is 0 Å². The predicted octanol–water partition coefficient (Wildman–Crippen LogP) is 3.79. The van der Waals surface area contributed by atoms with Gasteiger partial charge in [-0.3, -0.25) is 14.9 Å². The highest BCUT2D eigenvalue weighted by Gasteiger charge is 2.25. The highest BCUT2D eigenvalue weighted by molar-refractivity contribution is 5.97. The zero-order valence-corrected chi connectivity index (χ0v) is 17.8.